The van der Waals surface area contributed by atoms with Crippen molar-refractivity contribution in [2.24, 2.45) is 45.3 Å². The fraction of sp³-hybridized carbons (Fsp3) is 0.505. The van der Waals surface area contributed by atoms with E-state index in [4.69, 9.17) is 42.6 Å². The Balaban J connectivity index is 0.000000221. The molecule has 6 aliphatic carbocycles. The number of fused-ring (bicyclic) bond motifs is 10. The standard InChI is InChI=1S/C47H51NO14.C44H55NO13/c1-25-31(60-43(56)36(52)35(28-16-10-7-11-17-28)48-41(54)29-18-12-8-13-19-29)23-47(57)40(61-42(55)30-20-14-9-15-21-30)38-45(6,32(51)22-33-46(38,24-58-33)62-27(3)50)39(53)37(59-26(2)49)34(25)44(47,4)5;1-23(2)21-55-40(53)45-34(27-16-12-9-13-17-27)36(50)39(52)57-30-20-44(54)28(18-29(47)26-14-10-8-11-15-26)37-42(7,38(51)35(49)33(24(30)3)41(44,5)6)31(48)19-32-43(37,22-56-32)58-25(4)46/h7-21,31-33,35-38,40,51-52,57H,22-24H2,1-6H3,(H,48,54);8-17,23,28,30-32,34-37,48-50,54H,18-22H2,1-7H3,(H,45,53)/t31-,32-,33+,35-,36+,37+,38-,40-,45+,46-,47+;28-,30-,31-,32+,34-,35+,36+,37?,42+,43-,44+/m00/s1. The van der Waals surface area contributed by atoms with Crippen molar-refractivity contribution in [2.45, 2.75) is 224 Å². The smallest absolute Gasteiger partial charge is 0.407 e. The van der Waals surface area contributed by atoms with Crippen molar-refractivity contribution in [3.63, 3.8) is 0 Å². The summed E-state index contributed by atoms with van der Waals surface area (Å²) >= 11 is 0. The van der Waals surface area contributed by atoms with Gasteiger partial charge in [0.1, 0.15) is 42.2 Å². The number of Topliss-reactive ketones (excluding diaryl/α,β-unsaturated/α-hetero) is 3. The molecule has 5 aromatic rings. The molecule has 4 bridgehead atoms. The Morgan fingerprint density at radius 1 is 0.508 bits per heavy atom. The number of aliphatic hydroxyl groups excluding tert-OH is 5. The van der Waals surface area contributed by atoms with Crippen LogP contribution in [0.5, 0.6) is 0 Å². The Bertz CT molecular complexity index is 4830. The molecule has 642 valence electrons. The van der Waals surface area contributed by atoms with E-state index < -0.39 is 225 Å². The molecule has 4 saturated carbocycles. The fourth-order valence-electron chi connectivity index (χ4n) is 20.4. The van der Waals surface area contributed by atoms with E-state index in [1.54, 1.807) is 174 Å². The number of benzene rings is 5. The number of aliphatic hydroxyl groups is 7. The highest BCUT2D eigenvalue weighted by Gasteiger charge is 2.80. The quantitative estimate of drug-likeness (QED) is 0.0148. The summed E-state index contributed by atoms with van der Waals surface area (Å²) in [6.07, 6.45) is -20.0. The van der Waals surface area contributed by atoms with Crippen LogP contribution in [0.15, 0.2) is 174 Å². The van der Waals surface area contributed by atoms with E-state index in [9.17, 15) is 83.7 Å². The van der Waals surface area contributed by atoms with Crippen LogP contribution in [0, 0.1) is 45.3 Å². The fourth-order valence-corrected chi connectivity index (χ4v) is 20.4. The number of hydrogen-bond acceptors (Lipinski definition) is 27. The molecule has 0 radical (unpaired) electrons. The number of hydrogen-bond donors (Lipinski definition) is 9. The average Bonchev–Trinajstić information content (AvgIpc) is 0.673. The van der Waals surface area contributed by atoms with Gasteiger partial charge >= 0.3 is 41.9 Å². The van der Waals surface area contributed by atoms with Gasteiger partial charge in [-0.1, -0.05) is 169 Å². The maximum Gasteiger partial charge on any atom is 0.407 e. The van der Waals surface area contributed by atoms with E-state index in [1.165, 1.54) is 39.8 Å². The van der Waals surface area contributed by atoms with Crippen LogP contribution in [0.4, 0.5) is 4.79 Å². The lowest BCUT2D eigenvalue weighted by molar-refractivity contribution is -0.346. The Hall–Kier alpha value is -10.2. The summed E-state index contributed by atoms with van der Waals surface area (Å²) in [5, 5.41) is 92.0. The second-order valence-corrected chi connectivity index (χ2v) is 34.8. The van der Waals surface area contributed by atoms with Crippen molar-refractivity contribution in [2.75, 3.05) is 19.8 Å². The minimum atomic E-state index is -2.39. The topological polar surface area (TPSA) is 437 Å². The van der Waals surface area contributed by atoms with Crippen LogP contribution in [0.25, 0.3) is 0 Å². The van der Waals surface area contributed by atoms with Gasteiger partial charge in [-0.2, -0.15) is 0 Å². The monoisotopic (exact) mass is 1660 g/mol. The first kappa shape index (κ1) is 89.1. The predicted molar refractivity (Wildman–Crippen MR) is 424 cm³/mol. The molecule has 1 unspecified atom stereocenters. The molecule has 0 spiro atoms. The zero-order valence-electron chi connectivity index (χ0n) is 69.2. The molecule has 22 atom stereocenters. The SMILES string of the molecule is CC(=O)O[C@@]12CO[C@@H]1C[C@H](O)[C@@]1(C)C(=O)[C@H](O)C3=C(C)[C@@H](OC(=O)[C@H](O)[C@@H](NC(=O)OCC(C)C)c4ccccc4)C[C@@](O)([C@@H](CC(=O)c4ccccc4)C12)C3(C)C.CC(=O)O[C@H]1C(=O)[C@@]2(C)[C@H]([C@H](OC(=O)c3ccccc3)[C@]3(O)C[C@H](OC(=O)[C@H](O)[C@@H](NC(=O)c4ccccc4)c4ccccc4)C(C)=C1C3(C)C)[C@]1(OC(C)=O)CO[C@@H]1C[C@@H]2O. The van der Waals surface area contributed by atoms with E-state index in [2.05, 4.69) is 10.6 Å². The third-order valence-corrected chi connectivity index (χ3v) is 26.7. The Morgan fingerprint density at radius 3 is 1.38 bits per heavy atom. The molecule has 2 saturated heterocycles. The van der Waals surface area contributed by atoms with Crippen molar-refractivity contribution < 1.29 is 131 Å². The first-order valence-electron chi connectivity index (χ1n) is 40.3. The van der Waals surface area contributed by atoms with Crippen LogP contribution in [-0.2, 0) is 76.2 Å². The van der Waals surface area contributed by atoms with Crippen LogP contribution < -0.4 is 10.6 Å². The maximum absolute atomic E-state index is 15.5. The highest BCUT2D eigenvalue weighted by Crippen LogP contribution is 2.68. The van der Waals surface area contributed by atoms with E-state index >= 15 is 4.79 Å². The molecule has 0 aromatic heterocycles. The number of nitrogens with one attached hydrogen (secondary N) is 2. The molecule has 29 nitrogen and oxygen atoms in total. The molecule has 6 fully saturated rings. The first-order valence-corrected chi connectivity index (χ1v) is 40.3. The highest BCUT2D eigenvalue weighted by atomic mass is 16.6. The van der Waals surface area contributed by atoms with Gasteiger partial charge in [0.25, 0.3) is 5.91 Å². The molecule has 13 rings (SSSR count). The van der Waals surface area contributed by atoms with Crippen molar-refractivity contribution in [1.82, 2.24) is 10.6 Å². The molecule has 29 heteroatoms. The third kappa shape index (κ3) is 15.6. The molecule has 8 aliphatic rings. The molecule has 2 heterocycles. The molecular formula is C91H106N2O27. The van der Waals surface area contributed by atoms with Crippen molar-refractivity contribution in [1.29, 1.82) is 0 Å². The minimum absolute atomic E-state index is 0.00289. The molecule has 9 N–H and O–H groups in total. The Labute approximate surface area is 694 Å². The number of amides is 2. The highest BCUT2D eigenvalue weighted by molar-refractivity contribution is 5.99. The summed E-state index contributed by atoms with van der Waals surface area (Å²) in [6.45, 7) is 19.0. The van der Waals surface area contributed by atoms with Crippen molar-refractivity contribution in [3.05, 3.63) is 202 Å². The summed E-state index contributed by atoms with van der Waals surface area (Å²) in [5.74, 6) is -12.6. The number of alkyl carbamates (subject to hydrolysis) is 1. The number of rotatable bonds is 21. The summed E-state index contributed by atoms with van der Waals surface area (Å²) < 4.78 is 53.5. The summed E-state index contributed by atoms with van der Waals surface area (Å²) in [6, 6.07) is 38.2. The van der Waals surface area contributed by atoms with Gasteiger partial charge in [-0.25, -0.2) is 19.2 Å². The lowest BCUT2D eigenvalue weighted by atomic mass is 9.42. The molecule has 5 aromatic carbocycles. The van der Waals surface area contributed by atoms with Crippen LogP contribution >= 0.6 is 0 Å². The zero-order valence-corrected chi connectivity index (χ0v) is 69.2. The van der Waals surface area contributed by atoms with Gasteiger partial charge < -0.3 is 89.0 Å². The van der Waals surface area contributed by atoms with Gasteiger partial charge in [0.15, 0.2) is 46.9 Å². The van der Waals surface area contributed by atoms with Crippen LogP contribution in [0.2, 0.25) is 0 Å². The van der Waals surface area contributed by atoms with Crippen molar-refractivity contribution in [3.8, 4) is 0 Å². The number of esters is 6. The van der Waals surface area contributed by atoms with Gasteiger partial charge in [0.05, 0.1) is 72.0 Å². The normalized spacial score (nSPS) is 32.7. The molecule has 2 amide bonds. The van der Waals surface area contributed by atoms with E-state index in [1.807, 2.05) is 13.8 Å². The number of carbonyl (C=O) groups excluding carboxylic acids is 11. The summed E-state index contributed by atoms with van der Waals surface area (Å²) in [7, 11) is 0. The average molecular weight is 1660 g/mol. The first-order chi connectivity index (χ1) is 56.5. The Morgan fingerprint density at radius 2 is 0.925 bits per heavy atom. The second-order valence-electron chi connectivity index (χ2n) is 34.8. The van der Waals surface area contributed by atoms with Crippen LogP contribution in [0.3, 0.4) is 0 Å². The maximum atomic E-state index is 15.5. The Kier molecular flexibility index (Phi) is 25.2. The number of carbonyl (C=O) groups is 11. The lowest BCUT2D eigenvalue weighted by Crippen LogP contribution is -2.82. The number of ketones is 3. The third-order valence-electron chi connectivity index (χ3n) is 26.7. The minimum Gasteiger partial charge on any atom is -0.456 e. The van der Waals surface area contributed by atoms with E-state index in [0.717, 1.165) is 13.8 Å². The van der Waals surface area contributed by atoms with Gasteiger partial charge in [-0.3, -0.25) is 33.6 Å². The van der Waals surface area contributed by atoms with Gasteiger partial charge in [0.2, 0.25) is 0 Å². The van der Waals surface area contributed by atoms with Crippen LogP contribution in [0.1, 0.15) is 176 Å². The largest absolute Gasteiger partial charge is 0.456 e. The lowest BCUT2D eigenvalue weighted by Gasteiger charge is -2.68. The van der Waals surface area contributed by atoms with E-state index in [0.29, 0.717) is 16.7 Å². The zero-order chi connectivity index (χ0) is 87.5. The van der Waals surface area contributed by atoms with Gasteiger partial charge in [-0.15, -0.1) is 0 Å². The molecule has 120 heavy (non-hydrogen) atoms. The predicted octanol–water partition coefficient (Wildman–Crippen LogP) is 7.52. The summed E-state index contributed by atoms with van der Waals surface area (Å²) in [4.78, 5) is 153. The van der Waals surface area contributed by atoms with Crippen LogP contribution in [-0.4, -0.2) is 210 Å². The molecular weight excluding hydrogens is 1550 g/mol. The summed E-state index contributed by atoms with van der Waals surface area (Å²) in [5.41, 5.74) is -13.2. The number of ether oxygens (including phenoxy) is 9. The van der Waals surface area contributed by atoms with Crippen molar-refractivity contribution >= 4 is 65.2 Å². The second kappa shape index (κ2) is 34.0. The molecule has 2 aliphatic heterocycles. The van der Waals surface area contributed by atoms with E-state index in [-0.39, 0.29) is 72.0 Å². The van der Waals surface area contributed by atoms with Gasteiger partial charge in [-0.05, 0) is 91.3 Å². The van der Waals surface area contributed by atoms with Gasteiger partial charge in [0, 0.05) is 86.7 Å².